The fraction of sp³-hybridized carbons (Fsp3) is 0.0909. The molecule has 0 aliphatic heterocycles. The maximum absolute atomic E-state index is 6.43. The monoisotopic (exact) mass is 447 g/mol. The van der Waals surface area contributed by atoms with E-state index in [1.54, 1.807) is 0 Å². The number of furan rings is 1. The Labute approximate surface area is 201 Å². The molecule has 0 saturated carbocycles. The molecule has 0 saturated heterocycles. The molecule has 2 heteroatoms. The van der Waals surface area contributed by atoms with Crippen molar-refractivity contribution < 1.29 is 4.42 Å². The lowest BCUT2D eigenvalue weighted by Crippen LogP contribution is -2.14. The molecule has 1 aliphatic rings. The predicted molar refractivity (Wildman–Crippen MR) is 146 cm³/mol. The molecule has 3 aromatic heterocycles. The summed E-state index contributed by atoms with van der Waals surface area (Å²) in [6, 6.07) is 33.3. The SMILES string of the molecule is CC1(C)c2ccccc2-c2cc3c4c5c(cc6c7ccccc7n(c3cc21)c64)oc1ccccc15. The van der Waals surface area contributed by atoms with Gasteiger partial charge in [0.25, 0.3) is 0 Å². The van der Waals surface area contributed by atoms with Crippen molar-refractivity contribution in [1.29, 1.82) is 0 Å². The quantitative estimate of drug-likeness (QED) is 0.227. The lowest BCUT2D eigenvalue weighted by atomic mass is 9.82. The van der Waals surface area contributed by atoms with Gasteiger partial charge in [0.1, 0.15) is 11.2 Å². The summed E-state index contributed by atoms with van der Waals surface area (Å²) in [6.45, 7) is 4.72. The standard InChI is InChI=1S/C33H21NO/c1-33(2)24-12-6-3-9-18(24)21-15-23-27(17-25(21)33)34-26-13-7-4-10-19(26)22-16-29-30(31(23)32(22)34)20-11-5-8-14-28(20)35-29/h3-17H,1-2H3. The topological polar surface area (TPSA) is 17.6 Å². The minimum absolute atomic E-state index is 0.0323. The van der Waals surface area contributed by atoms with E-state index in [-0.39, 0.29) is 5.41 Å². The van der Waals surface area contributed by atoms with Crippen LogP contribution in [0.4, 0.5) is 0 Å². The number of aromatic nitrogens is 1. The van der Waals surface area contributed by atoms with Crippen LogP contribution in [0.1, 0.15) is 25.0 Å². The largest absolute Gasteiger partial charge is 0.456 e. The highest BCUT2D eigenvalue weighted by Crippen LogP contribution is 2.52. The van der Waals surface area contributed by atoms with E-state index in [4.69, 9.17) is 4.42 Å². The Morgan fingerprint density at radius 1 is 0.571 bits per heavy atom. The molecule has 164 valence electrons. The van der Waals surface area contributed by atoms with Crippen molar-refractivity contribution in [2.24, 2.45) is 0 Å². The summed E-state index contributed by atoms with van der Waals surface area (Å²) in [5.74, 6) is 0. The second kappa shape index (κ2) is 5.67. The van der Waals surface area contributed by atoms with Gasteiger partial charge in [-0.05, 0) is 52.6 Å². The first kappa shape index (κ1) is 18.1. The average molecular weight is 448 g/mol. The first-order chi connectivity index (χ1) is 17.1. The Hall–Kier alpha value is -4.30. The van der Waals surface area contributed by atoms with Crippen LogP contribution in [-0.4, -0.2) is 4.40 Å². The molecule has 0 atom stereocenters. The van der Waals surface area contributed by atoms with Crippen LogP contribution < -0.4 is 0 Å². The molecule has 9 rings (SSSR count). The number of para-hydroxylation sites is 2. The van der Waals surface area contributed by atoms with E-state index in [0.717, 1.165) is 11.2 Å². The summed E-state index contributed by atoms with van der Waals surface area (Å²) in [5, 5.41) is 7.56. The van der Waals surface area contributed by atoms with Crippen LogP contribution in [0.2, 0.25) is 0 Å². The van der Waals surface area contributed by atoms with Crippen molar-refractivity contribution in [3.63, 3.8) is 0 Å². The Kier molecular flexibility index (Phi) is 2.93. The van der Waals surface area contributed by atoms with Gasteiger partial charge in [-0.2, -0.15) is 0 Å². The Bertz CT molecular complexity index is 2190. The zero-order valence-electron chi connectivity index (χ0n) is 19.5. The van der Waals surface area contributed by atoms with Crippen LogP contribution in [0.25, 0.3) is 71.2 Å². The normalized spacial score (nSPS) is 14.8. The van der Waals surface area contributed by atoms with Crippen molar-refractivity contribution in [2.45, 2.75) is 19.3 Å². The molecule has 8 aromatic rings. The summed E-state index contributed by atoms with van der Waals surface area (Å²) in [5.41, 5.74) is 11.3. The molecule has 0 unspecified atom stereocenters. The minimum atomic E-state index is -0.0323. The molecule has 0 bridgehead atoms. The van der Waals surface area contributed by atoms with Gasteiger partial charge >= 0.3 is 0 Å². The number of hydrogen-bond donors (Lipinski definition) is 0. The molecule has 35 heavy (non-hydrogen) atoms. The number of hydrogen-bond acceptors (Lipinski definition) is 1. The molecular weight excluding hydrogens is 426 g/mol. The molecule has 0 amide bonds. The summed E-state index contributed by atoms with van der Waals surface area (Å²) in [4.78, 5) is 0. The van der Waals surface area contributed by atoms with Gasteiger partial charge in [-0.25, -0.2) is 0 Å². The van der Waals surface area contributed by atoms with Gasteiger partial charge in [0.15, 0.2) is 0 Å². The Balaban J connectivity index is 1.61. The van der Waals surface area contributed by atoms with Crippen LogP contribution in [0, 0.1) is 0 Å². The highest BCUT2D eigenvalue weighted by molar-refractivity contribution is 6.35. The van der Waals surface area contributed by atoms with E-state index in [9.17, 15) is 0 Å². The molecule has 0 N–H and O–H groups in total. The van der Waals surface area contributed by atoms with Gasteiger partial charge in [-0.15, -0.1) is 0 Å². The maximum Gasteiger partial charge on any atom is 0.136 e. The first-order valence-electron chi connectivity index (χ1n) is 12.3. The predicted octanol–water partition coefficient (Wildman–Crippen LogP) is 9.04. The van der Waals surface area contributed by atoms with Crippen LogP contribution >= 0.6 is 0 Å². The molecule has 0 radical (unpaired) electrons. The molecular formula is C33H21NO. The van der Waals surface area contributed by atoms with Crippen LogP contribution in [0.15, 0.2) is 95.4 Å². The number of rotatable bonds is 0. The van der Waals surface area contributed by atoms with Gasteiger partial charge in [-0.1, -0.05) is 74.5 Å². The zero-order valence-corrected chi connectivity index (χ0v) is 19.5. The number of benzene rings is 5. The van der Waals surface area contributed by atoms with Crippen molar-refractivity contribution >= 4 is 60.0 Å². The van der Waals surface area contributed by atoms with Gasteiger partial charge in [0, 0.05) is 37.7 Å². The smallest absolute Gasteiger partial charge is 0.136 e. The third-order valence-electron chi connectivity index (χ3n) is 8.51. The molecule has 3 heterocycles. The number of fused-ring (bicyclic) bond motifs is 13. The van der Waals surface area contributed by atoms with Crippen LogP contribution in [-0.2, 0) is 5.41 Å². The van der Waals surface area contributed by atoms with Crippen molar-refractivity contribution in [3.05, 3.63) is 102 Å². The third-order valence-corrected chi connectivity index (χ3v) is 8.51. The van der Waals surface area contributed by atoms with Crippen molar-refractivity contribution in [3.8, 4) is 11.1 Å². The lowest BCUT2D eigenvalue weighted by molar-refractivity contribution is 0.661. The second-order valence-electron chi connectivity index (χ2n) is 10.6. The van der Waals surface area contributed by atoms with Gasteiger partial charge in [0.2, 0.25) is 0 Å². The summed E-state index contributed by atoms with van der Waals surface area (Å²) >= 11 is 0. The van der Waals surface area contributed by atoms with E-state index >= 15 is 0 Å². The second-order valence-corrected chi connectivity index (χ2v) is 10.6. The molecule has 5 aromatic carbocycles. The third kappa shape index (κ3) is 1.93. The van der Waals surface area contributed by atoms with Crippen molar-refractivity contribution in [1.82, 2.24) is 4.40 Å². The van der Waals surface area contributed by atoms with Gasteiger partial charge < -0.3 is 8.82 Å². The van der Waals surface area contributed by atoms with Gasteiger partial charge in [-0.3, -0.25) is 0 Å². The van der Waals surface area contributed by atoms with E-state index in [2.05, 4.69) is 109 Å². The zero-order chi connectivity index (χ0) is 23.1. The highest BCUT2D eigenvalue weighted by atomic mass is 16.3. The van der Waals surface area contributed by atoms with E-state index in [1.807, 2.05) is 0 Å². The van der Waals surface area contributed by atoms with E-state index in [1.165, 1.54) is 71.1 Å². The lowest BCUT2D eigenvalue weighted by Gasteiger charge is -2.21. The Morgan fingerprint density at radius 2 is 1.34 bits per heavy atom. The minimum Gasteiger partial charge on any atom is -0.456 e. The first-order valence-corrected chi connectivity index (χ1v) is 12.3. The maximum atomic E-state index is 6.43. The van der Waals surface area contributed by atoms with Crippen LogP contribution in [0.5, 0.6) is 0 Å². The van der Waals surface area contributed by atoms with Crippen LogP contribution in [0.3, 0.4) is 0 Å². The summed E-state index contributed by atoms with van der Waals surface area (Å²) < 4.78 is 8.93. The molecule has 2 nitrogen and oxygen atoms in total. The number of nitrogens with zero attached hydrogens (tertiary/aromatic N) is 1. The fourth-order valence-electron chi connectivity index (χ4n) is 6.96. The van der Waals surface area contributed by atoms with Gasteiger partial charge in [0.05, 0.1) is 16.6 Å². The van der Waals surface area contributed by atoms with E-state index < -0.39 is 0 Å². The average Bonchev–Trinajstić information content (AvgIpc) is 3.57. The van der Waals surface area contributed by atoms with E-state index in [0.29, 0.717) is 0 Å². The summed E-state index contributed by atoms with van der Waals surface area (Å²) in [6.07, 6.45) is 0. The van der Waals surface area contributed by atoms with Crippen molar-refractivity contribution in [2.75, 3.05) is 0 Å². The molecule has 0 fully saturated rings. The Morgan fingerprint density at radius 3 is 2.26 bits per heavy atom. The molecule has 0 spiro atoms. The summed E-state index contributed by atoms with van der Waals surface area (Å²) in [7, 11) is 0. The molecule has 1 aliphatic carbocycles. The highest BCUT2D eigenvalue weighted by Gasteiger charge is 2.36. The fourth-order valence-corrected chi connectivity index (χ4v) is 6.96.